The highest BCUT2D eigenvalue weighted by Gasteiger charge is 2.26. The fourth-order valence-corrected chi connectivity index (χ4v) is 1.78. The summed E-state index contributed by atoms with van der Waals surface area (Å²) >= 11 is 0. The fraction of sp³-hybridized carbons (Fsp3) is 0.600. The maximum Gasteiger partial charge on any atom is 0.229 e. The first-order chi connectivity index (χ1) is 7.81. The van der Waals surface area contributed by atoms with E-state index in [0.717, 1.165) is 5.69 Å². The molecule has 6 heteroatoms. The number of carbonyl (C=O) groups excluding carboxylic acids is 1. The minimum atomic E-state index is -0.218. The van der Waals surface area contributed by atoms with Crippen LogP contribution in [-0.2, 0) is 16.0 Å². The summed E-state index contributed by atoms with van der Waals surface area (Å²) in [5.41, 5.74) is 0.785. The van der Waals surface area contributed by atoms with E-state index in [9.17, 15) is 4.79 Å². The molecular weight excluding hydrogens is 210 g/mol. The number of aliphatic hydroxyl groups excluding tert-OH is 1. The monoisotopic (exact) mass is 225 g/mol. The summed E-state index contributed by atoms with van der Waals surface area (Å²) in [7, 11) is 0. The van der Waals surface area contributed by atoms with Crippen LogP contribution >= 0.6 is 0 Å². The van der Waals surface area contributed by atoms with Gasteiger partial charge in [0.15, 0.2) is 0 Å². The molecule has 1 saturated heterocycles. The molecule has 0 aliphatic carbocycles. The summed E-state index contributed by atoms with van der Waals surface area (Å²) in [4.78, 5) is 13.6. The molecule has 1 fully saturated rings. The first-order valence-electron chi connectivity index (χ1n) is 5.27. The molecule has 2 rings (SSSR count). The van der Waals surface area contributed by atoms with Crippen molar-refractivity contribution in [2.24, 2.45) is 0 Å². The SMILES string of the molecule is O=C(Cc1ccn[nH]1)N1CCOCC1CO. The predicted octanol–water partition coefficient (Wildman–Crippen LogP) is -0.828. The van der Waals surface area contributed by atoms with Crippen LogP contribution in [0.25, 0.3) is 0 Å². The van der Waals surface area contributed by atoms with Gasteiger partial charge in [-0.25, -0.2) is 0 Å². The van der Waals surface area contributed by atoms with Crippen molar-refractivity contribution >= 4 is 5.91 Å². The number of hydrogen-bond acceptors (Lipinski definition) is 4. The average Bonchev–Trinajstić information content (AvgIpc) is 2.81. The van der Waals surface area contributed by atoms with Crippen molar-refractivity contribution in [3.05, 3.63) is 18.0 Å². The van der Waals surface area contributed by atoms with E-state index in [2.05, 4.69) is 10.2 Å². The second-order valence-corrected chi connectivity index (χ2v) is 3.76. The van der Waals surface area contributed by atoms with E-state index < -0.39 is 0 Å². The first kappa shape index (κ1) is 11.1. The van der Waals surface area contributed by atoms with Crippen molar-refractivity contribution in [2.45, 2.75) is 12.5 Å². The highest BCUT2D eigenvalue weighted by Crippen LogP contribution is 2.09. The number of hydrogen-bond donors (Lipinski definition) is 2. The molecule has 0 spiro atoms. The Morgan fingerprint density at radius 2 is 2.62 bits per heavy atom. The van der Waals surface area contributed by atoms with Crippen LogP contribution in [0.4, 0.5) is 0 Å². The minimum Gasteiger partial charge on any atom is -0.394 e. The normalized spacial score (nSPS) is 21.1. The van der Waals surface area contributed by atoms with Gasteiger partial charge in [0.1, 0.15) is 0 Å². The molecule has 1 unspecified atom stereocenters. The number of H-pyrrole nitrogens is 1. The number of aromatic nitrogens is 2. The summed E-state index contributed by atoms with van der Waals surface area (Å²) in [5.74, 6) is -0.00778. The molecule has 0 radical (unpaired) electrons. The highest BCUT2D eigenvalue weighted by molar-refractivity contribution is 5.78. The Balaban J connectivity index is 1.97. The second-order valence-electron chi connectivity index (χ2n) is 3.76. The van der Waals surface area contributed by atoms with Gasteiger partial charge in [0.25, 0.3) is 0 Å². The molecule has 16 heavy (non-hydrogen) atoms. The van der Waals surface area contributed by atoms with Crippen LogP contribution in [-0.4, -0.2) is 58.5 Å². The molecule has 1 aromatic heterocycles. The molecule has 1 aliphatic rings. The van der Waals surface area contributed by atoms with Gasteiger partial charge < -0.3 is 14.7 Å². The Kier molecular flexibility index (Phi) is 3.53. The number of nitrogens with zero attached hydrogens (tertiary/aromatic N) is 2. The lowest BCUT2D eigenvalue weighted by Gasteiger charge is -2.34. The second kappa shape index (κ2) is 5.09. The van der Waals surface area contributed by atoms with Gasteiger partial charge in [-0.1, -0.05) is 0 Å². The molecule has 0 aromatic carbocycles. The summed E-state index contributed by atoms with van der Waals surface area (Å²) < 4.78 is 5.21. The van der Waals surface area contributed by atoms with E-state index in [1.54, 1.807) is 17.2 Å². The van der Waals surface area contributed by atoms with Gasteiger partial charge in [0, 0.05) is 18.4 Å². The van der Waals surface area contributed by atoms with E-state index in [1.165, 1.54) is 0 Å². The Labute approximate surface area is 93.2 Å². The lowest BCUT2D eigenvalue weighted by Crippen LogP contribution is -2.51. The zero-order valence-electron chi connectivity index (χ0n) is 8.93. The largest absolute Gasteiger partial charge is 0.394 e. The summed E-state index contributed by atoms with van der Waals surface area (Å²) in [6, 6.07) is 1.55. The van der Waals surface area contributed by atoms with Crippen molar-refractivity contribution in [1.29, 1.82) is 0 Å². The van der Waals surface area contributed by atoms with Crippen LogP contribution in [0.1, 0.15) is 5.69 Å². The van der Waals surface area contributed by atoms with Gasteiger partial charge in [-0.05, 0) is 6.07 Å². The predicted molar refractivity (Wildman–Crippen MR) is 55.7 cm³/mol. The minimum absolute atomic E-state index is 0.00778. The average molecular weight is 225 g/mol. The van der Waals surface area contributed by atoms with Crippen molar-refractivity contribution in [3.8, 4) is 0 Å². The molecule has 1 aromatic rings. The Morgan fingerprint density at radius 3 is 3.31 bits per heavy atom. The van der Waals surface area contributed by atoms with Gasteiger partial charge in [0.05, 0.1) is 32.3 Å². The number of aromatic amines is 1. The van der Waals surface area contributed by atoms with Crippen LogP contribution in [0.5, 0.6) is 0 Å². The lowest BCUT2D eigenvalue weighted by atomic mass is 10.2. The maximum atomic E-state index is 11.9. The van der Waals surface area contributed by atoms with E-state index in [0.29, 0.717) is 19.8 Å². The molecule has 6 nitrogen and oxygen atoms in total. The third-order valence-corrected chi connectivity index (χ3v) is 2.66. The van der Waals surface area contributed by atoms with E-state index >= 15 is 0 Å². The smallest absolute Gasteiger partial charge is 0.229 e. The fourth-order valence-electron chi connectivity index (χ4n) is 1.78. The number of nitrogens with one attached hydrogen (secondary N) is 1. The topological polar surface area (TPSA) is 78.5 Å². The summed E-state index contributed by atoms with van der Waals surface area (Å²) in [6.07, 6.45) is 1.90. The molecule has 1 aliphatic heterocycles. The maximum absolute atomic E-state index is 11.9. The molecule has 88 valence electrons. The molecule has 0 bridgehead atoms. The van der Waals surface area contributed by atoms with Crippen molar-refractivity contribution in [2.75, 3.05) is 26.4 Å². The van der Waals surface area contributed by atoms with Crippen LogP contribution in [0, 0.1) is 0 Å². The highest BCUT2D eigenvalue weighted by atomic mass is 16.5. The number of morpholine rings is 1. The Bertz CT molecular complexity index is 339. The lowest BCUT2D eigenvalue weighted by molar-refractivity contribution is -0.140. The van der Waals surface area contributed by atoms with E-state index in [4.69, 9.17) is 9.84 Å². The number of amides is 1. The van der Waals surface area contributed by atoms with Crippen LogP contribution in [0.3, 0.4) is 0 Å². The van der Waals surface area contributed by atoms with Gasteiger partial charge in [-0.15, -0.1) is 0 Å². The van der Waals surface area contributed by atoms with Crippen LogP contribution < -0.4 is 0 Å². The van der Waals surface area contributed by atoms with Crippen molar-refractivity contribution < 1.29 is 14.6 Å². The van der Waals surface area contributed by atoms with Crippen LogP contribution in [0.15, 0.2) is 12.3 Å². The molecule has 1 atom stereocenters. The molecule has 1 amide bonds. The molecule has 2 N–H and O–H groups in total. The van der Waals surface area contributed by atoms with Crippen molar-refractivity contribution in [1.82, 2.24) is 15.1 Å². The third kappa shape index (κ3) is 2.40. The number of carbonyl (C=O) groups is 1. The zero-order chi connectivity index (χ0) is 11.4. The van der Waals surface area contributed by atoms with Crippen molar-refractivity contribution in [3.63, 3.8) is 0 Å². The van der Waals surface area contributed by atoms with E-state index in [-0.39, 0.29) is 25.0 Å². The Hall–Kier alpha value is -1.40. The molecule has 2 heterocycles. The van der Waals surface area contributed by atoms with Gasteiger partial charge in [-0.3, -0.25) is 9.89 Å². The number of rotatable bonds is 3. The van der Waals surface area contributed by atoms with E-state index in [1.807, 2.05) is 0 Å². The zero-order valence-corrected chi connectivity index (χ0v) is 8.93. The molecular formula is C10H15N3O3. The summed E-state index contributed by atoms with van der Waals surface area (Å²) in [5, 5.41) is 15.7. The van der Waals surface area contributed by atoms with Crippen LogP contribution in [0.2, 0.25) is 0 Å². The van der Waals surface area contributed by atoms with Gasteiger partial charge in [-0.2, -0.15) is 5.10 Å². The van der Waals surface area contributed by atoms with Gasteiger partial charge >= 0.3 is 0 Å². The number of ether oxygens (including phenoxy) is 1. The third-order valence-electron chi connectivity index (χ3n) is 2.66. The number of aliphatic hydroxyl groups is 1. The van der Waals surface area contributed by atoms with Gasteiger partial charge in [0.2, 0.25) is 5.91 Å². The summed E-state index contributed by atoms with van der Waals surface area (Å²) in [6.45, 7) is 1.42. The standard InChI is InChI=1S/C10H15N3O3/c14-6-9-7-16-4-3-13(9)10(15)5-8-1-2-11-12-8/h1-2,9,14H,3-7H2,(H,11,12). The Morgan fingerprint density at radius 1 is 1.75 bits per heavy atom. The molecule has 0 saturated carbocycles. The quantitative estimate of drug-likeness (QED) is 0.704. The first-order valence-corrected chi connectivity index (χ1v) is 5.27.